The molecule has 0 saturated heterocycles. The van der Waals surface area contributed by atoms with E-state index >= 15 is 0 Å². The predicted molar refractivity (Wildman–Crippen MR) is 52.8 cm³/mol. The smallest absolute Gasteiger partial charge is 0.242 e. The minimum absolute atomic E-state index is 0.0394. The molecule has 1 heterocycles. The van der Waals surface area contributed by atoms with Crippen LogP contribution < -0.4 is 4.72 Å². The van der Waals surface area contributed by atoms with Gasteiger partial charge in [0.15, 0.2) is 5.03 Å². The fraction of sp³-hybridized carbons (Fsp3) is 0.286. The highest BCUT2D eigenvalue weighted by molar-refractivity contribution is 9.10. The van der Waals surface area contributed by atoms with Gasteiger partial charge in [0.1, 0.15) is 0 Å². The van der Waals surface area contributed by atoms with Crippen LogP contribution in [0.3, 0.4) is 0 Å². The Bertz CT molecular complexity index is 374. The van der Waals surface area contributed by atoms with E-state index in [1.807, 2.05) is 0 Å². The van der Waals surface area contributed by atoms with E-state index < -0.39 is 10.0 Å². The molecule has 4 nitrogen and oxygen atoms in total. The molecule has 0 saturated carbocycles. The van der Waals surface area contributed by atoms with Crippen LogP contribution in [-0.2, 0) is 10.0 Å². The van der Waals surface area contributed by atoms with Crippen LogP contribution in [0, 0.1) is 0 Å². The SMILES string of the molecule is CCNS(=O)(=O)c1ccc(Br)cn1. The van der Waals surface area contributed by atoms with E-state index in [4.69, 9.17) is 0 Å². The summed E-state index contributed by atoms with van der Waals surface area (Å²) in [5.74, 6) is 0. The van der Waals surface area contributed by atoms with Crippen LogP contribution in [0.4, 0.5) is 0 Å². The van der Waals surface area contributed by atoms with Crippen LogP contribution in [0.25, 0.3) is 0 Å². The number of nitrogens with one attached hydrogen (secondary N) is 1. The average Bonchev–Trinajstić information content (AvgIpc) is 2.05. The minimum Gasteiger partial charge on any atom is -0.242 e. The first-order valence-electron chi connectivity index (χ1n) is 3.67. The Balaban J connectivity index is 3.02. The van der Waals surface area contributed by atoms with E-state index in [-0.39, 0.29) is 5.03 Å². The van der Waals surface area contributed by atoms with Crippen LogP contribution in [-0.4, -0.2) is 19.9 Å². The van der Waals surface area contributed by atoms with Crippen molar-refractivity contribution in [3.05, 3.63) is 22.8 Å². The fourth-order valence-corrected chi connectivity index (χ4v) is 1.99. The summed E-state index contributed by atoms with van der Waals surface area (Å²) in [7, 11) is -3.41. The molecule has 0 aromatic carbocycles. The maximum absolute atomic E-state index is 11.4. The Labute approximate surface area is 85.6 Å². The minimum atomic E-state index is -3.41. The lowest BCUT2D eigenvalue weighted by Crippen LogP contribution is -2.23. The van der Waals surface area contributed by atoms with Crippen molar-refractivity contribution in [3.8, 4) is 0 Å². The van der Waals surface area contributed by atoms with Gasteiger partial charge in [-0.1, -0.05) is 6.92 Å². The number of rotatable bonds is 3. The van der Waals surface area contributed by atoms with E-state index in [0.717, 1.165) is 4.47 Å². The summed E-state index contributed by atoms with van der Waals surface area (Å²) in [6, 6.07) is 3.08. The lowest BCUT2D eigenvalue weighted by atomic mass is 10.5. The molecule has 0 aliphatic heterocycles. The third-order valence-corrected chi connectivity index (χ3v) is 3.24. The van der Waals surface area contributed by atoms with Gasteiger partial charge in [-0.05, 0) is 28.1 Å². The van der Waals surface area contributed by atoms with Gasteiger partial charge in [-0.2, -0.15) is 0 Å². The van der Waals surface area contributed by atoms with Crippen molar-refractivity contribution in [3.63, 3.8) is 0 Å². The highest BCUT2D eigenvalue weighted by atomic mass is 79.9. The molecule has 0 unspecified atom stereocenters. The molecule has 0 amide bonds. The van der Waals surface area contributed by atoms with Crippen molar-refractivity contribution in [1.82, 2.24) is 9.71 Å². The van der Waals surface area contributed by atoms with Crippen LogP contribution in [0.1, 0.15) is 6.92 Å². The van der Waals surface area contributed by atoms with E-state index in [0.29, 0.717) is 6.54 Å². The van der Waals surface area contributed by atoms with Crippen LogP contribution in [0.2, 0.25) is 0 Å². The zero-order valence-electron chi connectivity index (χ0n) is 6.99. The number of halogens is 1. The first-order valence-corrected chi connectivity index (χ1v) is 5.95. The summed E-state index contributed by atoms with van der Waals surface area (Å²) in [6.45, 7) is 2.08. The Hall–Kier alpha value is -0.460. The summed E-state index contributed by atoms with van der Waals surface area (Å²) < 4.78 is 25.8. The first-order chi connectivity index (χ1) is 6.06. The van der Waals surface area contributed by atoms with Gasteiger partial charge in [-0.15, -0.1) is 0 Å². The largest absolute Gasteiger partial charge is 0.258 e. The van der Waals surface area contributed by atoms with Crippen LogP contribution in [0.5, 0.6) is 0 Å². The quantitative estimate of drug-likeness (QED) is 0.891. The normalized spacial score (nSPS) is 11.5. The van der Waals surface area contributed by atoms with E-state index in [2.05, 4.69) is 25.6 Å². The van der Waals surface area contributed by atoms with Gasteiger partial charge in [-0.3, -0.25) is 0 Å². The highest BCUT2D eigenvalue weighted by Crippen LogP contribution is 2.10. The maximum atomic E-state index is 11.4. The molecule has 0 aliphatic carbocycles. The summed E-state index contributed by atoms with van der Waals surface area (Å²) in [5.41, 5.74) is 0. The molecule has 1 aromatic heterocycles. The van der Waals surface area contributed by atoms with E-state index in [1.165, 1.54) is 12.3 Å². The van der Waals surface area contributed by atoms with Crippen molar-refractivity contribution in [2.45, 2.75) is 11.9 Å². The van der Waals surface area contributed by atoms with E-state index in [9.17, 15) is 8.42 Å². The molecule has 1 N–H and O–H groups in total. The van der Waals surface area contributed by atoms with Gasteiger partial charge in [-0.25, -0.2) is 18.1 Å². The molecule has 6 heteroatoms. The third-order valence-electron chi connectivity index (χ3n) is 1.31. The average molecular weight is 265 g/mol. The predicted octanol–water partition coefficient (Wildman–Crippen LogP) is 1.14. The first kappa shape index (κ1) is 10.6. The molecule has 1 aromatic rings. The lowest BCUT2D eigenvalue weighted by molar-refractivity contribution is 0.580. The molecule has 0 fully saturated rings. The van der Waals surface area contributed by atoms with Crippen molar-refractivity contribution in [2.24, 2.45) is 0 Å². The zero-order chi connectivity index (χ0) is 9.90. The second-order valence-corrected chi connectivity index (χ2v) is 4.95. The fourth-order valence-electron chi connectivity index (χ4n) is 0.785. The van der Waals surface area contributed by atoms with Gasteiger partial charge in [0.2, 0.25) is 0 Å². The summed E-state index contributed by atoms with van der Waals surface area (Å²) in [6.07, 6.45) is 1.45. The Morgan fingerprint density at radius 3 is 2.69 bits per heavy atom. The Kier molecular flexibility index (Phi) is 3.40. The molecule has 1 rings (SSSR count). The number of sulfonamides is 1. The second kappa shape index (κ2) is 4.17. The van der Waals surface area contributed by atoms with Gasteiger partial charge >= 0.3 is 0 Å². The van der Waals surface area contributed by atoms with Crippen molar-refractivity contribution < 1.29 is 8.42 Å². The summed E-state index contributed by atoms with van der Waals surface area (Å²) in [4.78, 5) is 3.77. The standard InChI is InChI=1S/C7H9BrN2O2S/c1-2-10-13(11,12)7-4-3-6(8)5-9-7/h3-5,10H,2H2,1H3. The van der Waals surface area contributed by atoms with Gasteiger partial charge in [0.25, 0.3) is 10.0 Å². The van der Waals surface area contributed by atoms with Gasteiger partial charge in [0.05, 0.1) is 0 Å². The van der Waals surface area contributed by atoms with Crippen molar-refractivity contribution in [2.75, 3.05) is 6.54 Å². The molecule has 0 atom stereocenters. The van der Waals surface area contributed by atoms with Crippen LogP contribution in [0.15, 0.2) is 27.8 Å². The molecular formula is C7H9BrN2O2S. The van der Waals surface area contributed by atoms with Crippen molar-refractivity contribution >= 4 is 26.0 Å². The van der Waals surface area contributed by atoms with E-state index in [1.54, 1.807) is 13.0 Å². The molecule has 72 valence electrons. The highest BCUT2D eigenvalue weighted by Gasteiger charge is 2.12. The second-order valence-electron chi connectivity index (χ2n) is 2.32. The number of aromatic nitrogens is 1. The Morgan fingerprint density at radius 2 is 2.23 bits per heavy atom. The monoisotopic (exact) mass is 264 g/mol. The molecule has 0 spiro atoms. The molecule has 13 heavy (non-hydrogen) atoms. The molecule has 0 radical (unpaired) electrons. The number of hydrogen-bond donors (Lipinski definition) is 1. The molecule has 0 aliphatic rings. The third kappa shape index (κ3) is 2.75. The maximum Gasteiger partial charge on any atom is 0.258 e. The summed E-state index contributed by atoms with van der Waals surface area (Å²) >= 11 is 3.17. The van der Waals surface area contributed by atoms with Gasteiger partial charge in [0, 0.05) is 17.2 Å². The molecular weight excluding hydrogens is 256 g/mol. The number of pyridine rings is 1. The Morgan fingerprint density at radius 1 is 1.54 bits per heavy atom. The zero-order valence-corrected chi connectivity index (χ0v) is 9.39. The number of hydrogen-bond acceptors (Lipinski definition) is 3. The van der Waals surface area contributed by atoms with Gasteiger partial charge < -0.3 is 0 Å². The summed E-state index contributed by atoms with van der Waals surface area (Å²) in [5, 5.41) is 0.0394. The van der Waals surface area contributed by atoms with Crippen LogP contribution >= 0.6 is 15.9 Å². The molecule has 0 bridgehead atoms. The number of nitrogens with zero attached hydrogens (tertiary/aromatic N) is 1. The lowest BCUT2D eigenvalue weighted by Gasteiger charge is -2.02. The topological polar surface area (TPSA) is 59.1 Å². The van der Waals surface area contributed by atoms with Crippen molar-refractivity contribution in [1.29, 1.82) is 0 Å².